The lowest BCUT2D eigenvalue weighted by molar-refractivity contribution is 0.600. The maximum Gasteiger partial charge on any atom is 0.238 e. The third-order valence-corrected chi connectivity index (χ3v) is 4.24. The number of sulfonamides is 1. The second kappa shape index (κ2) is 6.19. The third kappa shape index (κ3) is 4.51. The van der Waals surface area contributed by atoms with E-state index in [0.29, 0.717) is 16.9 Å². The van der Waals surface area contributed by atoms with Gasteiger partial charge in [0.1, 0.15) is 10.8 Å². The van der Waals surface area contributed by atoms with Gasteiger partial charge in [-0.05, 0) is 24.1 Å². The highest BCUT2D eigenvalue weighted by atomic mass is 32.2. The van der Waals surface area contributed by atoms with Crippen molar-refractivity contribution in [2.24, 2.45) is 5.73 Å². The van der Waals surface area contributed by atoms with E-state index in [-0.39, 0.29) is 10.7 Å². The van der Waals surface area contributed by atoms with Crippen LogP contribution < -0.4 is 10.5 Å². The molecule has 2 rings (SSSR count). The number of hydrogen-bond acceptors (Lipinski definition) is 4. The molecule has 0 radical (unpaired) electrons. The Morgan fingerprint density at radius 2 is 1.90 bits per heavy atom. The van der Waals surface area contributed by atoms with Crippen molar-refractivity contribution in [3.63, 3.8) is 0 Å². The largest absolute Gasteiger partial charge is 0.389 e. The molecule has 0 aliphatic carbocycles. The lowest BCUT2D eigenvalue weighted by atomic mass is 10.1. The summed E-state index contributed by atoms with van der Waals surface area (Å²) in [6, 6.07) is 10.2. The summed E-state index contributed by atoms with van der Waals surface area (Å²) in [7, 11) is -3.51. The third-order valence-electron chi connectivity index (χ3n) is 2.77. The molecule has 0 aliphatic rings. The van der Waals surface area contributed by atoms with E-state index in [4.69, 9.17) is 18.0 Å². The minimum atomic E-state index is -3.51. The number of thiocarbonyl (C=S) groups is 1. The number of benzene rings is 1. The van der Waals surface area contributed by atoms with Crippen molar-refractivity contribution in [2.75, 3.05) is 4.72 Å². The monoisotopic (exact) mass is 321 g/mol. The zero-order valence-electron chi connectivity index (χ0n) is 11.4. The molecule has 7 heteroatoms. The minimum absolute atomic E-state index is 0.139. The Kier molecular flexibility index (Phi) is 4.54. The fourth-order valence-corrected chi connectivity index (χ4v) is 2.99. The Morgan fingerprint density at radius 1 is 1.24 bits per heavy atom. The highest BCUT2D eigenvalue weighted by Gasteiger charge is 2.12. The van der Waals surface area contributed by atoms with E-state index in [1.807, 2.05) is 6.92 Å². The Morgan fingerprint density at radius 3 is 2.43 bits per heavy atom. The maximum atomic E-state index is 12.1. The summed E-state index contributed by atoms with van der Waals surface area (Å²) in [5, 5.41) is 0. The van der Waals surface area contributed by atoms with Crippen molar-refractivity contribution >= 4 is 33.0 Å². The van der Waals surface area contributed by atoms with E-state index in [9.17, 15) is 8.42 Å². The molecule has 0 aliphatic heterocycles. The standard InChI is InChI=1S/C14H15N3O2S2/c1-10-2-7-13(16-8-10)17-21(18,19)9-11-3-5-12(6-4-11)14(15)20/h2-8H,9H2,1H3,(H2,15,20)(H,16,17). The van der Waals surface area contributed by atoms with E-state index in [1.54, 1.807) is 42.6 Å². The molecule has 1 heterocycles. The van der Waals surface area contributed by atoms with Crippen molar-refractivity contribution in [2.45, 2.75) is 12.7 Å². The molecular formula is C14H15N3O2S2. The first-order valence-electron chi connectivity index (χ1n) is 6.18. The maximum absolute atomic E-state index is 12.1. The summed E-state index contributed by atoms with van der Waals surface area (Å²) in [4.78, 5) is 4.30. The average Bonchev–Trinajstić information content (AvgIpc) is 2.41. The molecule has 1 aromatic carbocycles. The molecular weight excluding hydrogens is 306 g/mol. The number of rotatable bonds is 5. The Bertz CT molecular complexity index is 739. The van der Waals surface area contributed by atoms with Gasteiger partial charge in [0.25, 0.3) is 0 Å². The van der Waals surface area contributed by atoms with Crippen LogP contribution in [0.4, 0.5) is 5.82 Å². The summed E-state index contributed by atoms with van der Waals surface area (Å²) in [6.07, 6.45) is 1.61. The van der Waals surface area contributed by atoms with E-state index in [1.165, 1.54) is 0 Å². The van der Waals surface area contributed by atoms with Crippen LogP contribution in [0.15, 0.2) is 42.6 Å². The van der Waals surface area contributed by atoms with Crippen molar-refractivity contribution in [3.8, 4) is 0 Å². The molecule has 0 saturated heterocycles. The van der Waals surface area contributed by atoms with Crippen molar-refractivity contribution < 1.29 is 8.42 Å². The minimum Gasteiger partial charge on any atom is -0.389 e. The fraction of sp³-hybridized carbons (Fsp3) is 0.143. The van der Waals surface area contributed by atoms with Gasteiger partial charge in [-0.15, -0.1) is 0 Å². The molecule has 2 aromatic rings. The number of nitrogens with one attached hydrogen (secondary N) is 1. The smallest absolute Gasteiger partial charge is 0.238 e. The van der Waals surface area contributed by atoms with Gasteiger partial charge in [-0.2, -0.15) is 0 Å². The van der Waals surface area contributed by atoms with Gasteiger partial charge in [0.15, 0.2) is 0 Å². The highest BCUT2D eigenvalue weighted by molar-refractivity contribution is 7.91. The van der Waals surface area contributed by atoms with Crippen LogP contribution in [0.3, 0.4) is 0 Å². The molecule has 0 saturated carbocycles. The summed E-state index contributed by atoms with van der Waals surface area (Å²) < 4.78 is 26.6. The zero-order chi connectivity index (χ0) is 15.5. The van der Waals surface area contributed by atoms with E-state index < -0.39 is 10.0 Å². The van der Waals surface area contributed by atoms with Gasteiger partial charge in [0, 0.05) is 11.8 Å². The molecule has 0 bridgehead atoms. The van der Waals surface area contributed by atoms with Crippen LogP contribution in [-0.2, 0) is 15.8 Å². The Labute approximate surface area is 129 Å². The number of aromatic nitrogens is 1. The Hall–Kier alpha value is -1.99. The van der Waals surface area contributed by atoms with Gasteiger partial charge in [0.2, 0.25) is 10.0 Å². The number of hydrogen-bond donors (Lipinski definition) is 2. The first kappa shape index (κ1) is 15.4. The molecule has 0 unspecified atom stereocenters. The van der Waals surface area contributed by atoms with Gasteiger partial charge < -0.3 is 5.73 Å². The SMILES string of the molecule is Cc1ccc(NS(=O)(=O)Cc2ccc(C(N)=S)cc2)nc1. The van der Waals surface area contributed by atoms with Crippen LogP contribution in [0.2, 0.25) is 0 Å². The predicted molar refractivity (Wildman–Crippen MR) is 87.5 cm³/mol. The molecule has 5 nitrogen and oxygen atoms in total. The van der Waals surface area contributed by atoms with Gasteiger partial charge in [-0.1, -0.05) is 42.5 Å². The van der Waals surface area contributed by atoms with E-state index in [2.05, 4.69) is 9.71 Å². The molecule has 21 heavy (non-hydrogen) atoms. The number of aryl methyl sites for hydroxylation is 1. The average molecular weight is 321 g/mol. The number of anilines is 1. The molecule has 0 atom stereocenters. The summed E-state index contributed by atoms with van der Waals surface area (Å²) >= 11 is 4.85. The lowest BCUT2D eigenvalue weighted by Gasteiger charge is -2.08. The van der Waals surface area contributed by atoms with Crippen molar-refractivity contribution in [3.05, 3.63) is 59.3 Å². The van der Waals surface area contributed by atoms with Crippen LogP contribution in [0.5, 0.6) is 0 Å². The fourth-order valence-electron chi connectivity index (χ4n) is 1.71. The summed E-state index contributed by atoms with van der Waals surface area (Å²) in [5.74, 6) is 0.167. The summed E-state index contributed by atoms with van der Waals surface area (Å²) in [5.41, 5.74) is 7.82. The molecule has 1 aromatic heterocycles. The number of pyridine rings is 1. The molecule has 0 amide bonds. The van der Waals surface area contributed by atoms with Crippen LogP contribution in [0.1, 0.15) is 16.7 Å². The predicted octanol–water partition coefficient (Wildman–Crippen LogP) is 1.97. The van der Waals surface area contributed by atoms with Gasteiger partial charge in [-0.25, -0.2) is 13.4 Å². The van der Waals surface area contributed by atoms with Crippen molar-refractivity contribution in [1.82, 2.24) is 4.98 Å². The normalized spacial score (nSPS) is 11.1. The van der Waals surface area contributed by atoms with E-state index in [0.717, 1.165) is 5.56 Å². The highest BCUT2D eigenvalue weighted by Crippen LogP contribution is 2.12. The molecule has 0 fully saturated rings. The second-order valence-corrected chi connectivity index (χ2v) is 6.81. The molecule has 110 valence electrons. The van der Waals surface area contributed by atoms with Crippen LogP contribution in [-0.4, -0.2) is 18.4 Å². The zero-order valence-corrected chi connectivity index (χ0v) is 13.0. The number of nitrogens with two attached hydrogens (primary N) is 1. The quantitative estimate of drug-likeness (QED) is 0.822. The second-order valence-electron chi connectivity index (χ2n) is 4.64. The lowest BCUT2D eigenvalue weighted by Crippen LogP contribution is -2.16. The van der Waals surface area contributed by atoms with Crippen LogP contribution in [0.25, 0.3) is 0 Å². The molecule has 0 spiro atoms. The van der Waals surface area contributed by atoms with Crippen molar-refractivity contribution in [1.29, 1.82) is 0 Å². The van der Waals surface area contributed by atoms with Gasteiger partial charge >= 0.3 is 0 Å². The Balaban J connectivity index is 2.10. The van der Waals surface area contributed by atoms with Crippen LogP contribution in [0, 0.1) is 6.92 Å². The van der Waals surface area contributed by atoms with Gasteiger partial charge in [0.05, 0.1) is 5.75 Å². The van der Waals surface area contributed by atoms with Gasteiger partial charge in [-0.3, -0.25) is 4.72 Å². The number of nitrogens with zero attached hydrogens (tertiary/aromatic N) is 1. The van der Waals surface area contributed by atoms with Crippen LogP contribution >= 0.6 is 12.2 Å². The van der Waals surface area contributed by atoms with E-state index >= 15 is 0 Å². The molecule has 3 N–H and O–H groups in total. The summed E-state index contributed by atoms with van der Waals surface area (Å²) in [6.45, 7) is 1.88. The first-order chi connectivity index (χ1) is 9.85. The topological polar surface area (TPSA) is 85.1 Å². The first-order valence-corrected chi connectivity index (χ1v) is 8.24.